The van der Waals surface area contributed by atoms with E-state index in [4.69, 9.17) is 16.3 Å². The number of para-hydroxylation sites is 2. The van der Waals surface area contributed by atoms with Gasteiger partial charge in [0.05, 0.1) is 12.3 Å². The van der Waals surface area contributed by atoms with Crippen molar-refractivity contribution >= 4 is 29.1 Å². The first-order valence-electron chi connectivity index (χ1n) is 9.00. The molecule has 1 aromatic heterocycles. The Bertz CT molecular complexity index is 949. The van der Waals surface area contributed by atoms with E-state index in [9.17, 15) is 4.79 Å². The zero-order valence-electron chi connectivity index (χ0n) is 15.5. The molecule has 0 fully saturated rings. The van der Waals surface area contributed by atoms with Gasteiger partial charge in [0.1, 0.15) is 11.4 Å². The van der Waals surface area contributed by atoms with Crippen LogP contribution in [0.1, 0.15) is 23.0 Å². The van der Waals surface area contributed by atoms with Crippen LogP contribution in [-0.4, -0.2) is 29.0 Å². The molecule has 0 saturated carbocycles. The Hall–Kier alpha value is -3.12. The van der Waals surface area contributed by atoms with Crippen LogP contribution in [0.3, 0.4) is 0 Å². The normalized spacial score (nSPS) is 10.4. The van der Waals surface area contributed by atoms with E-state index in [0.29, 0.717) is 35.6 Å². The molecule has 0 bridgehead atoms. The highest BCUT2D eigenvalue weighted by atomic mass is 35.5. The Balaban J connectivity index is 1.61. The molecule has 144 valence electrons. The summed E-state index contributed by atoms with van der Waals surface area (Å²) in [6.45, 7) is 3.03. The molecule has 0 unspecified atom stereocenters. The fourth-order valence-corrected chi connectivity index (χ4v) is 2.83. The number of carbonyl (C=O) groups excluding carboxylic acids is 1. The van der Waals surface area contributed by atoms with Crippen LogP contribution in [0.25, 0.3) is 0 Å². The maximum atomic E-state index is 12.6. The lowest BCUT2D eigenvalue weighted by molar-refractivity contribution is 0.102. The summed E-state index contributed by atoms with van der Waals surface area (Å²) < 4.78 is 5.53. The lowest BCUT2D eigenvalue weighted by atomic mass is 10.1. The molecule has 6 nitrogen and oxygen atoms in total. The van der Waals surface area contributed by atoms with E-state index in [1.165, 1.54) is 0 Å². The van der Waals surface area contributed by atoms with Crippen molar-refractivity contribution in [1.82, 2.24) is 9.97 Å². The highest BCUT2D eigenvalue weighted by Gasteiger charge is 2.12. The maximum absolute atomic E-state index is 12.6. The van der Waals surface area contributed by atoms with Crippen LogP contribution in [0.2, 0.25) is 5.02 Å². The summed E-state index contributed by atoms with van der Waals surface area (Å²) in [6.07, 6.45) is 2.32. The number of hydrogen-bond donors (Lipinski definition) is 2. The number of carbonyl (C=O) groups is 1. The van der Waals surface area contributed by atoms with Gasteiger partial charge < -0.3 is 15.4 Å². The number of hydrogen-bond acceptors (Lipinski definition) is 5. The van der Waals surface area contributed by atoms with Gasteiger partial charge in [0, 0.05) is 17.8 Å². The smallest absolute Gasteiger partial charge is 0.274 e. The van der Waals surface area contributed by atoms with Crippen LogP contribution >= 0.6 is 11.6 Å². The minimum Gasteiger partial charge on any atom is -0.492 e. The predicted molar refractivity (Wildman–Crippen MR) is 111 cm³/mol. The number of benzene rings is 2. The number of rotatable bonds is 8. The van der Waals surface area contributed by atoms with Gasteiger partial charge >= 0.3 is 0 Å². The molecule has 0 saturated heterocycles. The topological polar surface area (TPSA) is 76.1 Å². The summed E-state index contributed by atoms with van der Waals surface area (Å²) in [5, 5.41) is 6.67. The Kier molecular flexibility index (Phi) is 6.81. The predicted octanol–water partition coefficient (Wildman–Crippen LogP) is 4.44. The minimum atomic E-state index is -0.326. The van der Waals surface area contributed by atoms with Crippen molar-refractivity contribution in [3.63, 3.8) is 0 Å². The number of amides is 1. The minimum absolute atomic E-state index is 0.270. The molecule has 0 spiro atoms. The largest absolute Gasteiger partial charge is 0.492 e. The second kappa shape index (κ2) is 9.71. The molecule has 2 N–H and O–H groups in total. The third kappa shape index (κ3) is 5.44. The van der Waals surface area contributed by atoms with E-state index in [0.717, 1.165) is 12.0 Å². The molecule has 1 amide bonds. The molecule has 28 heavy (non-hydrogen) atoms. The monoisotopic (exact) mass is 396 g/mol. The van der Waals surface area contributed by atoms with Gasteiger partial charge in [-0.1, -0.05) is 35.9 Å². The van der Waals surface area contributed by atoms with Crippen LogP contribution < -0.4 is 15.4 Å². The Morgan fingerprint density at radius 1 is 1.14 bits per heavy atom. The average Bonchev–Trinajstić information content (AvgIpc) is 2.70. The van der Waals surface area contributed by atoms with Crippen LogP contribution in [-0.2, 0) is 6.42 Å². The first-order chi connectivity index (χ1) is 13.7. The molecule has 0 aliphatic carbocycles. The Morgan fingerprint density at radius 2 is 2.00 bits per heavy atom. The molecule has 3 aromatic rings. The van der Waals surface area contributed by atoms with Gasteiger partial charge in [-0.2, -0.15) is 0 Å². The number of anilines is 2. The van der Waals surface area contributed by atoms with Crippen LogP contribution in [0, 0.1) is 0 Å². The van der Waals surface area contributed by atoms with Crippen LogP contribution in [0.5, 0.6) is 5.75 Å². The molecule has 2 aromatic carbocycles. The van der Waals surface area contributed by atoms with Crippen molar-refractivity contribution < 1.29 is 9.53 Å². The van der Waals surface area contributed by atoms with Crippen molar-refractivity contribution in [3.8, 4) is 5.75 Å². The second-order valence-electron chi connectivity index (χ2n) is 5.96. The van der Waals surface area contributed by atoms with Crippen molar-refractivity contribution in [1.29, 1.82) is 0 Å². The molecule has 1 heterocycles. The van der Waals surface area contributed by atoms with Gasteiger partial charge in [0.25, 0.3) is 5.91 Å². The van der Waals surface area contributed by atoms with E-state index in [2.05, 4.69) is 20.6 Å². The summed E-state index contributed by atoms with van der Waals surface area (Å²) in [6, 6.07) is 16.5. The first-order valence-corrected chi connectivity index (χ1v) is 9.38. The molecular weight excluding hydrogens is 376 g/mol. The molecule has 3 rings (SSSR count). The first kappa shape index (κ1) is 19.6. The average molecular weight is 397 g/mol. The molecule has 0 aliphatic heterocycles. The van der Waals surface area contributed by atoms with Crippen LogP contribution in [0.4, 0.5) is 11.6 Å². The molecule has 0 aliphatic rings. The van der Waals surface area contributed by atoms with Crippen molar-refractivity contribution in [2.45, 2.75) is 13.3 Å². The van der Waals surface area contributed by atoms with Gasteiger partial charge in [-0.05, 0) is 49.2 Å². The lowest BCUT2D eigenvalue weighted by Gasteiger charge is -2.11. The summed E-state index contributed by atoms with van der Waals surface area (Å²) >= 11 is 6.00. The van der Waals surface area contributed by atoms with E-state index < -0.39 is 0 Å². The number of ether oxygens (including phenoxy) is 1. The molecular formula is C21H21ClN4O2. The van der Waals surface area contributed by atoms with Gasteiger partial charge in [0.15, 0.2) is 0 Å². The number of halogens is 1. The lowest BCUT2D eigenvalue weighted by Crippen LogP contribution is -2.16. The molecule has 0 atom stereocenters. The van der Waals surface area contributed by atoms with E-state index in [-0.39, 0.29) is 11.6 Å². The second-order valence-corrected chi connectivity index (χ2v) is 6.39. The van der Waals surface area contributed by atoms with Gasteiger partial charge in [-0.25, -0.2) is 9.97 Å². The SMILES string of the molecule is CCOc1ccccc1NC(=O)c1ccnc(NCCc2cccc(Cl)c2)n1. The number of nitrogens with one attached hydrogen (secondary N) is 2. The molecule has 0 radical (unpaired) electrons. The molecule has 7 heteroatoms. The zero-order chi connectivity index (χ0) is 19.8. The van der Waals surface area contributed by atoms with Gasteiger partial charge in [-0.15, -0.1) is 0 Å². The Morgan fingerprint density at radius 3 is 2.82 bits per heavy atom. The van der Waals surface area contributed by atoms with E-state index in [1.807, 2.05) is 49.4 Å². The van der Waals surface area contributed by atoms with Gasteiger partial charge in [-0.3, -0.25) is 4.79 Å². The maximum Gasteiger partial charge on any atom is 0.274 e. The highest BCUT2D eigenvalue weighted by molar-refractivity contribution is 6.30. The summed E-state index contributed by atoms with van der Waals surface area (Å²) in [4.78, 5) is 21.0. The third-order valence-corrected chi connectivity index (χ3v) is 4.14. The fraction of sp³-hybridized carbons (Fsp3) is 0.190. The van der Waals surface area contributed by atoms with E-state index >= 15 is 0 Å². The summed E-state index contributed by atoms with van der Waals surface area (Å²) in [5.74, 6) is 0.687. The zero-order valence-corrected chi connectivity index (χ0v) is 16.2. The van der Waals surface area contributed by atoms with Gasteiger partial charge in [0.2, 0.25) is 5.95 Å². The fourth-order valence-electron chi connectivity index (χ4n) is 2.62. The Labute approximate surface area is 168 Å². The highest BCUT2D eigenvalue weighted by Crippen LogP contribution is 2.24. The quantitative estimate of drug-likeness (QED) is 0.588. The summed E-state index contributed by atoms with van der Waals surface area (Å²) in [5.41, 5.74) is 1.98. The standard InChI is InChI=1S/C21H21ClN4O2/c1-2-28-19-9-4-3-8-17(19)25-20(27)18-11-13-24-21(26-18)23-12-10-15-6-5-7-16(22)14-15/h3-9,11,13-14H,2,10,12H2,1H3,(H,25,27)(H,23,24,26). The van der Waals surface area contributed by atoms with E-state index in [1.54, 1.807) is 18.3 Å². The number of aromatic nitrogens is 2. The van der Waals surface area contributed by atoms with Crippen molar-refractivity contribution in [2.24, 2.45) is 0 Å². The number of nitrogens with zero attached hydrogens (tertiary/aromatic N) is 2. The van der Waals surface area contributed by atoms with Crippen molar-refractivity contribution in [3.05, 3.63) is 77.1 Å². The van der Waals surface area contributed by atoms with Crippen LogP contribution in [0.15, 0.2) is 60.8 Å². The third-order valence-electron chi connectivity index (χ3n) is 3.91. The van der Waals surface area contributed by atoms with Crippen molar-refractivity contribution in [2.75, 3.05) is 23.8 Å². The summed E-state index contributed by atoms with van der Waals surface area (Å²) in [7, 11) is 0.